The lowest BCUT2D eigenvalue weighted by molar-refractivity contribution is 0.1000. The van der Waals surface area contributed by atoms with Gasteiger partial charge in [-0.05, 0) is 43.5 Å². The summed E-state index contributed by atoms with van der Waals surface area (Å²) in [5, 5.41) is 0. The number of amides is 1. The van der Waals surface area contributed by atoms with Gasteiger partial charge in [0.25, 0.3) is 0 Å². The summed E-state index contributed by atoms with van der Waals surface area (Å²) in [5.74, 6) is -0.339. The van der Waals surface area contributed by atoms with E-state index in [1.807, 2.05) is 18.2 Å². The van der Waals surface area contributed by atoms with E-state index in [-0.39, 0.29) is 5.91 Å². The highest BCUT2D eigenvalue weighted by molar-refractivity contribution is 5.93. The molecule has 0 aliphatic carbocycles. The van der Waals surface area contributed by atoms with E-state index in [4.69, 9.17) is 5.73 Å². The third-order valence-corrected chi connectivity index (χ3v) is 3.26. The zero-order valence-corrected chi connectivity index (χ0v) is 9.86. The van der Waals surface area contributed by atoms with Crippen molar-refractivity contribution >= 4 is 5.91 Å². The molecular weight excluding hydrogens is 200 g/mol. The van der Waals surface area contributed by atoms with Crippen LogP contribution in [-0.4, -0.2) is 23.4 Å². The fourth-order valence-electron chi connectivity index (χ4n) is 2.17. The summed E-state index contributed by atoms with van der Waals surface area (Å²) >= 11 is 0. The van der Waals surface area contributed by atoms with Crippen LogP contribution in [-0.2, 0) is 13.0 Å². The molecule has 86 valence electrons. The van der Waals surface area contributed by atoms with E-state index < -0.39 is 0 Å². The summed E-state index contributed by atoms with van der Waals surface area (Å²) in [6.07, 6.45) is 1.01. The number of carbonyl (C=O) groups excluding carboxylic acids is 1. The largest absolute Gasteiger partial charge is 0.366 e. The van der Waals surface area contributed by atoms with Crippen LogP contribution in [0.3, 0.4) is 0 Å². The number of primary amides is 1. The SMILES string of the molecule is CC(C)N1CCc2cc(C(N)=O)ccc2C1. The van der Waals surface area contributed by atoms with E-state index in [2.05, 4.69) is 18.7 Å². The second kappa shape index (κ2) is 4.26. The van der Waals surface area contributed by atoms with Gasteiger partial charge >= 0.3 is 0 Å². The number of benzene rings is 1. The summed E-state index contributed by atoms with van der Waals surface area (Å²) in [6.45, 7) is 6.46. The van der Waals surface area contributed by atoms with Crippen molar-refractivity contribution in [3.8, 4) is 0 Å². The number of nitrogens with two attached hydrogens (primary N) is 1. The monoisotopic (exact) mass is 218 g/mol. The molecule has 1 aromatic rings. The lowest BCUT2D eigenvalue weighted by atomic mass is 9.96. The minimum absolute atomic E-state index is 0.339. The maximum atomic E-state index is 11.1. The van der Waals surface area contributed by atoms with Gasteiger partial charge in [0.15, 0.2) is 0 Å². The minimum Gasteiger partial charge on any atom is -0.366 e. The molecule has 2 rings (SSSR count). The van der Waals surface area contributed by atoms with E-state index >= 15 is 0 Å². The summed E-state index contributed by atoms with van der Waals surface area (Å²) in [6, 6.07) is 6.37. The van der Waals surface area contributed by atoms with Crippen LogP contribution >= 0.6 is 0 Å². The lowest BCUT2D eigenvalue weighted by Gasteiger charge is -2.32. The smallest absolute Gasteiger partial charge is 0.248 e. The number of hydrogen-bond acceptors (Lipinski definition) is 2. The molecule has 1 aliphatic rings. The van der Waals surface area contributed by atoms with E-state index in [0.717, 1.165) is 19.5 Å². The Morgan fingerprint density at radius 1 is 1.38 bits per heavy atom. The van der Waals surface area contributed by atoms with E-state index in [1.165, 1.54) is 11.1 Å². The Balaban J connectivity index is 2.25. The maximum absolute atomic E-state index is 11.1. The van der Waals surface area contributed by atoms with Gasteiger partial charge in [0.1, 0.15) is 0 Å². The fraction of sp³-hybridized carbons (Fsp3) is 0.462. The van der Waals surface area contributed by atoms with Gasteiger partial charge in [-0.25, -0.2) is 0 Å². The third kappa shape index (κ3) is 2.09. The summed E-state index contributed by atoms with van der Waals surface area (Å²) < 4.78 is 0. The average molecular weight is 218 g/mol. The summed E-state index contributed by atoms with van der Waals surface area (Å²) in [5.41, 5.74) is 8.49. The number of carbonyl (C=O) groups is 1. The van der Waals surface area contributed by atoms with Gasteiger partial charge < -0.3 is 5.73 Å². The van der Waals surface area contributed by atoms with Crippen LogP contribution in [0.4, 0.5) is 0 Å². The number of fused-ring (bicyclic) bond motifs is 1. The normalized spacial score (nSPS) is 16.2. The highest BCUT2D eigenvalue weighted by Crippen LogP contribution is 2.21. The molecule has 0 fully saturated rings. The van der Waals surface area contributed by atoms with Crippen LogP contribution in [0.5, 0.6) is 0 Å². The molecule has 0 atom stereocenters. The molecule has 1 heterocycles. The van der Waals surface area contributed by atoms with Gasteiger partial charge in [-0.3, -0.25) is 9.69 Å². The minimum atomic E-state index is -0.339. The molecule has 0 saturated heterocycles. The van der Waals surface area contributed by atoms with Gasteiger partial charge in [0.05, 0.1) is 0 Å². The van der Waals surface area contributed by atoms with Crippen molar-refractivity contribution in [2.24, 2.45) is 5.73 Å². The molecule has 0 radical (unpaired) electrons. The Bertz CT molecular complexity index is 412. The molecule has 3 nitrogen and oxygen atoms in total. The number of rotatable bonds is 2. The zero-order valence-electron chi connectivity index (χ0n) is 9.86. The van der Waals surface area contributed by atoms with Crippen LogP contribution in [0.2, 0.25) is 0 Å². The molecule has 3 heteroatoms. The first-order valence-electron chi connectivity index (χ1n) is 5.73. The molecule has 0 aromatic heterocycles. The second-order valence-corrected chi connectivity index (χ2v) is 4.66. The highest BCUT2D eigenvalue weighted by Gasteiger charge is 2.18. The molecule has 0 bridgehead atoms. The van der Waals surface area contributed by atoms with Crippen LogP contribution in [0.25, 0.3) is 0 Å². The van der Waals surface area contributed by atoms with Crippen molar-refractivity contribution in [1.29, 1.82) is 0 Å². The van der Waals surface area contributed by atoms with Crippen molar-refractivity contribution < 1.29 is 4.79 Å². The summed E-state index contributed by atoms with van der Waals surface area (Å²) in [7, 11) is 0. The lowest BCUT2D eigenvalue weighted by Crippen LogP contribution is -2.36. The van der Waals surface area contributed by atoms with Crippen LogP contribution in [0.15, 0.2) is 18.2 Å². The number of hydrogen-bond donors (Lipinski definition) is 1. The molecule has 0 spiro atoms. The topological polar surface area (TPSA) is 46.3 Å². The predicted molar refractivity (Wildman–Crippen MR) is 64.2 cm³/mol. The molecule has 1 aliphatic heterocycles. The molecule has 1 aromatic carbocycles. The second-order valence-electron chi connectivity index (χ2n) is 4.66. The van der Waals surface area contributed by atoms with Gasteiger partial charge in [0.2, 0.25) is 5.91 Å². The predicted octanol–water partition coefficient (Wildman–Crippen LogP) is 1.55. The standard InChI is InChI=1S/C13H18N2O/c1-9(2)15-6-5-10-7-11(13(14)16)3-4-12(10)8-15/h3-4,7,9H,5-6,8H2,1-2H3,(H2,14,16). The molecule has 2 N–H and O–H groups in total. The Labute approximate surface area is 96.2 Å². The first-order valence-corrected chi connectivity index (χ1v) is 5.73. The van der Waals surface area contributed by atoms with Crippen LogP contribution in [0, 0.1) is 0 Å². The quantitative estimate of drug-likeness (QED) is 0.818. The van der Waals surface area contributed by atoms with Crippen LogP contribution in [0.1, 0.15) is 35.3 Å². The molecule has 0 saturated carbocycles. The van der Waals surface area contributed by atoms with Crippen molar-refractivity contribution in [2.75, 3.05) is 6.54 Å². The zero-order chi connectivity index (χ0) is 11.7. The third-order valence-electron chi connectivity index (χ3n) is 3.26. The van der Waals surface area contributed by atoms with Crippen molar-refractivity contribution in [3.05, 3.63) is 34.9 Å². The van der Waals surface area contributed by atoms with Gasteiger partial charge in [-0.15, -0.1) is 0 Å². The van der Waals surface area contributed by atoms with Crippen molar-refractivity contribution in [3.63, 3.8) is 0 Å². The van der Waals surface area contributed by atoms with Crippen molar-refractivity contribution in [2.45, 2.75) is 32.9 Å². The first-order chi connectivity index (χ1) is 7.58. The fourth-order valence-corrected chi connectivity index (χ4v) is 2.17. The van der Waals surface area contributed by atoms with Crippen molar-refractivity contribution in [1.82, 2.24) is 4.90 Å². The highest BCUT2D eigenvalue weighted by atomic mass is 16.1. The Hall–Kier alpha value is -1.35. The van der Waals surface area contributed by atoms with E-state index in [1.54, 1.807) is 0 Å². The van der Waals surface area contributed by atoms with E-state index in [9.17, 15) is 4.79 Å². The first kappa shape index (κ1) is 11.1. The Kier molecular flexibility index (Phi) is 2.97. The molecule has 1 amide bonds. The van der Waals surface area contributed by atoms with Gasteiger partial charge in [0, 0.05) is 24.7 Å². The van der Waals surface area contributed by atoms with Crippen LogP contribution < -0.4 is 5.73 Å². The van der Waals surface area contributed by atoms with E-state index in [0.29, 0.717) is 11.6 Å². The molecule has 0 unspecified atom stereocenters. The van der Waals surface area contributed by atoms with Gasteiger partial charge in [-0.2, -0.15) is 0 Å². The Morgan fingerprint density at radius 2 is 2.12 bits per heavy atom. The number of nitrogens with zero attached hydrogens (tertiary/aromatic N) is 1. The van der Waals surface area contributed by atoms with Gasteiger partial charge in [-0.1, -0.05) is 6.07 Å². The average Bonchev–Trinajstić information content (AvgIpc) is 2.27. The molecular formula is C13H18N2O. The molecule has 16 heavy (non-hydrogen) atoms. The Morgan fingerprint density at radius 3 is 2.75 bits per heavy atom. The summed E-state index contributed by atoms with van der Waals surface area (Å²) in [4.78, 5) is 13.5. The maximum Gasteiger partial charge on any atom is 0.248 e.